The van der Waals surface area contributed by atoms with Crippen LogP contribution in [0.15, 0.2) is 33.9 Å². The van der Waals surface area contributed by atoms with Gasteiger partial charge in [-0.1, -0.05) is 30.0 Å². The minimum Gasteiger partial charge on any atom is -0.496 e. The van der Waals surface area contributed by atoms with E-state index in [1.54, 1.807) is 7.11 Å². The molecule has 0 aliphatic heterocycles. The Kier molecular flexibility index (Phi) is 5.89. The molecule has 3 aromatic rings. The number of methoxy groups -OCH3 is 1. The van der Waals surface area contributed by atoms with E-state index in [1.165, 1.54) is 23.1 Å². The van der Waals surface area contributed by atoms with Gasteiger partial charge in [0.1, 0.15) is 10.6 Å². The molecule has 0 aliphatic rings. The maximum Gasteiger partial charge on any atom is 0.277 e. The summed E-state index contributed by atoms with van der Waals surface area (Å²) in [6, 6.07) is 7.57. The summed E-state index contributed by atoms with van der Waals surface area (Å²) in [5, 5.41) is 12.2. The molecule has 0 aliphatic carbocycles. The highest BCUT2D eigenvalue weighted by Crippen LogP contribution is 2.30. The van der Waals surface area contributed by atoms with Gasteiger partial charge in [-0.3, -0.25) is 4.79 Å². The number of hydrogen-bond donors (Lipinski definition) is 1. The van der Waals surface area contributed by atoms with Crippen LogP contribution < -0.4 is 10.1 Å². The molecule has 2 aromatic heterocycles. The number of para-hydroxylation sites is 1. The SMILES string of the molecule is COc1ccccc1CNC(=O)CSc1nnc(-c2sc(C)nc2C)o1. The third kappa shape index (κ3) is 4.41. The molecule has 136 valence electrons. The lowest BCUT2D eigenvalue weighted by atomic mass is 10.2. The molecule has 26 heavy (non-hydrogen) atoms. The second kappa shape index (κ2) is 8.33. The van der Waals surface area contributed by atoms with Crippen molar-refractivity contribution in [2.75, 3.05) is 12.9 Å². The van der Waals surface area contributed by atoms with E-state index >= 15 is 0 Å². The Bertz CT molecular complexity index is 907. The van der Waals surface area contributed by atoms with E-state index in [-0.39, 0.29) is 11.7 Å². The van der Waals surface area contributed by atoms with Crippen LogP contribution >= 0.6 is 23.1 Å². The smallest absolute Gasteiger partial charge is 0.277 e. The van der Waals surface area contributed by atoms with Gasteiger partial charge in [-0.2, -0.15) is 0 Å². The van der Waals surface area contributed by atoms with Gasteiger partial charge in [0, 0.05) is 12.1 Å². The van der Waals surface area contributed by atoms with Crippen LogP contribution in [0.1, 0.15) is 16.3 Å². The lowest BCUT2D eigenvalue weighted by Crippen LogP contribution is -2.24. The zero-order valence-corrected chi connectivity index (χ0v) is 16.2. The van der Waals surface area contributed by atoms with Crippen molar-refractivity contribution >= 4 is 29.0 Å². The largest absolute Gasteiger partial charge is 0.496 e. The molecule has 0 radical (unpaired) electrons. The predicted molar refractivity (Wildman–Crippen MR) is 100 cm³/mol. The van der Waals surface area contributed by atoms with E-state index in [0.29, 0.717) is 17.7 Å². The monoisotopic (exact) mass is 390 g/mol. The number of thioether (sulfide) groups is 1. The van der Waals surface area contributed by atoms with Gasteiger partial charge in [0.25, 0.3) is 11.1 Å². The Morgan fingerprint density at radius 2 is 2.12 bits per heavy atom. The molecule has 9 heteroatoms. The first-order chi connectivity index (χ1) is 12.6. The summed E-state index contributed by atoms with van der Waals surface area (Å²) in [4.78, 5) is 17.3. The molecule has 3 rings (SSSR count). The maximum atomic E-state index is 12.1. The minimum atomic E-state index is -0.120. The fourth-order valence-electron chi connectivity index (χ4n) is 2.31. The van der Waals surface area contributed by atoms with Crippen molar-refractivity contribution in [1.82, 2.24) is 20.5 Å². The molecular weight excluding hydrogens is 372 g/mol. The first kappa shape index (κ1) is 18.4. The highest BCUT2D eigenvalue weighted by molar-refractivity contribution is 7.99. The topological polar surface area (TPSA) is 90.1 Å². The first-order valence-corrected chi connectivity index (χ1v) is 9.66. The van der Waals surface area contributed by atoms with E-state index in [0.717, 1.165) is 26.9 Å². The van der Waals surface area contributed by atoms with Gasteiger partial charge in [-0.15, -0.1) is 21.5 Å². The molecule has 1 N–H and O–H groups in total. The normalized spacial score (nSPS) is 10.7. The van der Waals surface area contributed by atoms with Crippen LogP contribution in [0.3, 0.4) is 0 Å². The number of nitrogens with zero attached hydrogens (tertiary/aromatic N) is 3. The lowest BCUT2D eigenvalue weighted by Gasteiger charge is -2.08. The molecule has 0 atom stereocenters. The molecule has 7 nitrogen and oxygen atoms in total. The zero-order chi connectivity index (χ0) is 18.5. The van der Waals surface area contributed by atoms with Crippen LogP contribution in [0.2, 0.25) is 0 Å². The minimum absolute atomic E-state index is 0.120. The summed E-state index contributed by atoms with van der Waals surface area (Å²) in [5.74, 6) is 1.25. The summed E-state index contributed by atoms with van der Waals surface area (Å²) in [7, 11) is 1.61. The third-order valence-electron chi connectivity index (χ3n) is 3.50. The number of carbonyl (C=O) groups excluding carboxylic acids is 1. The van der Waals surface area contributed by atoms with Crippen molar-refractivity contribution in [1.29, 1.82) is 0 Å². The van der Waals surface area contributed by atoms with Gasteiger partial charge in [-0.25, -0.2) is 4.98 Å². The average Bonchev–Trinajstić information content (AvgIpc) is 3.24. The second-order valence-electron chi connectivity index (χ2n) is 5.40. The molecule has 1 aromatic carbocycles. The van der Waals surface area contributed by atoms with Crippen molar-refractivity contribution in [2.45, 2.75) is 25.6 Å². The van der Waals surface area contributed by atoms with Crippen LogP contribution in [-0.4, -0.2) is 34.0 Å². The van der Waals surface area contributed by atoms with Crippen molar-refractivity contribution in [3.63, 3.8) is 0 Å². The van der Waals surface area contributed by atoms with Crippen LogP contribution in [0.5, 0.6) is 5.75 Å². The van der Waals surface area contributed by atoms with Gasteiger partial charge < -0.3 is 14.5 Å². The number of benzene rings is 1. The molecule has 0 spiro atoms. The van der Waals surface area contributed by atoms with Crippen LogP contribution in [0.25, 0.3) is 10.8 Å². The highest BCUT2D eigenvalue weighted by atomic mass is 32.2. The van der Waals surface area contributed by atoms with Gasteiger partial charge in [0.15, 0.2) is 0 Å². The van der Waals surface area contributed by atoms with Crippen LogP contribution in [0, 0.1) is 13.8 Å². The number of aryl methyl sites for hydroxylation is 2. The van der Waals surface area contributed by atoms with E-state index < -0.39 is 0 Å². The van der Waals surface area contributed by atoms with Gasteiger partial charge in [-0.05, 0) is 19.9 Å². The second-order valence-corrected chi connectivity index (χ2v) is 7.53. The Morgan fingerprint density at radius 1 is 1.31 bits per heavy atom. The van der Waals surface area contributed by atoms with E-state index in [9.17, 15) is 4.79 Å². The fraction of sp³-hybridized carbons (Fsp3) is 0.294. The molecular formula is C17H18N4O3S2. The summed E-state index contributed by atoms with van der Waals surface area (Å²) in [6.45, 7) is 4.23. The van der Waals surface area contributed by atoms with Crippen molar-refractivity contribution in [3.05, 3.63) is 40.5 Å². The number of rotatable bonds is 7. The number of nitrogens with one attached hydrogen (secondary N) is 1. The standard InChI is InChI=1S/C17H18N4O3S2/c1-10-15(26-11(2)19-10)16-20-21-17(24-16)25-9-14(22)18-8-12-6-4-5-7-13(12)23-3/h4-7H,8-9H2,1-3H3,(H,18,22). The predicted octanol–water partition coefficient (Wildman–Crippen LogP) is 3.23. The molecule has 0 bridgehead atoms. The third-order valence-corrected chi connectivity index (χ3v) is 5.38. The van der Waals surface area contributed by atoms with Crippen LogP contribution in [-0.2, 0) is 11.3 Å². The van der Waals surface area contributed by atoms with Gasteiger partial charge in [0.05, 0.1) is 23.6 Å². The summed E-state index contributed by atoms with van der Waals surface area (Å²) in [6.07, 6.45) is 0. The van der Waals surface area contributed by atoms with E-state index in [1.807, 2.05) is 38.1 Å². The molecule has 0 unspecified atom stereocenters. The Morgan fingerprint density at radius 3 is 2.85 bits per heavy atom. The van der Waals surface area contributed by atoms with E-state index in [4.69, 9.17) is 9.15 Å². The van der Waals surface area contributed by atoms with E-state index in [2.05, 4.69) is 20.5 Å². The summed E-state index contributed by atoms with van der Waals surface area (Å²) in [5.41, 5.74) is 1.78. The van der Waals surface area contributed by atoms with Crippen molar-refractivity contribution in [3.8, 4) is 16.5 Å². The maximum absolute atomic E-state index is 12.1. The number of aromatic nitrogens is 3. The molecule has 1 amide bonds. The highest BCUT2D eigenvalue weighted by Gasteiger charge is 2.16. The zero-order valence-electron chi connectivity index (χ0n) is 14.6. The van der Waals surface area contributed by atoms with Crippen molar-refractivity contribution in [2.24, 2.45) is 0 Å². The van der Waals surface area contributed by atoms with Gasteiger partial charge >= 0.3 is 0 Å². The number of hydrogen-bond acceptors (Lipinski definition) is 8. The van der Waals surface area contributed by atoms with Crippen molar-refractivity contribution < 1.29 is 13.9 Å². The number of amides is 1. The van der Waals surface area contributed by atoms with Gasteiger partial charge in [0.2, 0.25) is 5.91 Å². The molecule has 2 heterocycles. The number of thiazole rings is 1. The Balaban J connectivity index is 1.53. The van der Waals surface area contributed by atoms with Crippen LogP contribution in [0.4, 0.5) is 0 Å². The number of carbonyl (C=O) groups is 1. The Labute approximate surface area is 159 Å². The summed E-state index contributed by atoms with van der Waals surface area (Å²) < 4.78 is 10.9. The summed E-state index contributed by atoms with van der Waals surface area (Å²) >= 11 is 2.71. The molecule has 0 fully saturated rings. The fourth-order valence-corrected chi connectivity index (χ4v) is 3.74. The lowest BCUT2D eigenvalue weighted by molar-refractivity contribution is -0.118. The first-order valence-electron chi connectivity index (χ1n) is 7.86. The molecule has 0 saturated carbocycles. The molecule has 0 saturated heterocycles. The Hall–Kier alpha value is -2.39. The number of ether oxygens (including phenoxy) is 1. The quantitative estimate of drug-likeness (QED) is 0.619. The average molecular weight is 390 g/mol.